The fraction of sp³-hybridized carbons (Fsp3) is 0.417. The summed E-state index contributed by atoms with van der Waals surface area (Å²) < 4.78 is 0. The van der Waals surface area contributed by atoms with Crippen molar-refractivity contribution in [3.8, 4) is 0 Å². The third-order valence-electron chi connectivity index (χ3n) is 3.25. The first kappa shape index (κ1) is 12.4. The highest BCUT2D eigenvalue weighted by Crippen LogP contribution is 2.17. The van der Waals surface area contributed by atoms with Crippen molar-refractivity contribution in [1.29, 1.82) is 0 Å². The maximum Gasteiger partial charge on any atom is 0.256 e. The van der Waals surface area contributed by atoms with Crippen LogP contribution in [0.3, 0.4) is 0 Å². The van der Waals surface area contributed by atoms with Crippen LogP contribution in [0.5, 0.6) is 0 Å². The maximum atomic E-state index is 12.0. The second kappa shape index (κ2) is 5.18. The van der Waals surface area contributed by atoms with Gasteiger partial charge in [-0.3, -0.25) is 9.69 Å². The van der Waals surface area contributed by atoms with Crippen LogP contribution >= 0.6 is 11.8 Å². The quantitative estimate of drug-likeness (QED) is 0.640. The zero-order valence-corrected chi connectivity index (χ0v) is 11.5. The van der Waals surface area contributed by atoms with Crippen molar-refractivity contribution in [1.82, 2.24) is 24.8 Å². The van der Waals surface area contributed by atoms with Gasteiger partial charge >= 0.3 is 0 Å². The third kappa shape index (κ3) is 2.57. The molecule has 0 saturated heterocycles. The Bertz CT molecular complexity index is 622. The van der Waals surface area contributed by atoms with Gasteiger partial charge in [-0.2, -0.15) is 0 Å². The molecule has 0 saturated carbocycles. The molecule has 3 rings (SSSR count). The second-order valence-corrected chi connectivity index (χ2v) is 5.29. The molecule has 0 atom stereocenters. The lowest BCUT2D eigenvalue weighted by atomic mass is 10.1. The fourth-order valence-electron chi connectivity index (χ4n) is 2.29. The van der Waals surface area contributed by atoms with Crippen LogP contribution in [0.4, 0.5) is 0 Å². The van der Waals surface area contributed by atoms with E-state index in [1.54, 1.807) is 6.20 Å². The lowest BCUT2D eigenvalue weighted by molar-refractivity contribution is 0.235. The monoisotopic (exact) mass is 277 g/mol. The Hall–Kier alpha value is -1.60. The number of hydrogen-bond donors (Lipinski definition) is 2. The van der Waals surface area contributed by atoms with E-state index in [1.807, 2.05) is 12.5 Å². The van der Waals surface area contributed by atoms with E-state index in [4.69, 9.17) is 0 Å². The van der Waals surface area contributed by atoms with E-state index < -0.39 is 0 Å². The number of nitrogens with one attached hydrogen (secondary N) is 2. The zero-order valence-electron chi connectivity index (χ0n) is 10.6. The summed E-state index contributed by atoms with van der Waals surface area (Å²) in [6, 6.07) is 0. The Morgan fingerprint density at radius 2 is 2.42 bits per heavy atom. The highest BCUT2D eigenvalue weighted by atomic mass is 32.2. The number of imidazole rings is 1. The molecule has 0 fully saturated rings. The Kier molecular flexibility index (Phi) is 3.39. The van der Waals surface area contributed by atoms with E-state index in [1.165, 1.54) is 11.8 Å². The summed E-state index contributed by atoms with van der Waals surface area (Å²) in [5, 5.41) is 0.697. The van der Waals surface area contributed by atoms with Gasteiger partial charge in [-0.25, -0.2) is 9.97 Å². The SMILES string of the molecule is CSc1nc2c(c(=O)[nH]1)CN(Cc1ncc[nH]1)CC2. The molecule has 1 aliphatic heterocycles. The predicted octanol–water partition coefficient (Wildman–Crippen LogP) is 0.773. The summed E-state index contributed by atoms with van der Waals surface area (Å²) in [6.45, 7) is 2.27. The van der Waals surface area contributed by atoms with E-state index in [-0.39, 0.29) is 5.56 Å². The average Bonchev–Trinajstić information content (AvgIpc) is 2.92. The topological polar surface area (TPSA) is 77.7 Å². The van der Waals surface area contributed by atoms with E-state index >= 15 is 0 Å². The molecule has 3 heterocycles. The van der Waals surface area contributed by atoms with Gasteiger partial charge in [-0.1, -0.05) is 11.8 Å². The minimum Gasteiger partial charge on any atom is -0.348 e. The number of thioether (sulfide) groups is 1. The molecule has 0 aromatic carbocycles. The van der Waals surface area contributed by atoms with E-state index in [0.29, 0.717) is 11.7 Å². The van der Waals surface area contributed by atoms with E-state index in [2.05, 4.69) is 24.8 Å². The van der Waals surface area contributed by atoms with Crippen LogP contribution < -0.4 is 5.56 Å². The van der Waals surface area contributed by atoms with Crippen molar-refractivity contribution < 1.29 is 0 Å². The van der Waals surface area contributed by atoms with E-state index in [0.717, 1.165) is 36.6 Å². The Balaban J connectivity index is 1.82. The number of aromatic amines is 2. The lowest BCUT2D eigenvalue weighted by Gasteiger charge is -2.26. The summed E-state index contributed by atoms with van der Waals surface area (Å²) in [4.78, 5) is 28.8. The van der Waals surface area contributed by atoms with Gasteiger partial charge in [-0.15, -0.1) is 0 Å². The molecule has 0 unspecified atom stereocenters. The van der Waals surface area contributed by atoms with Gasteiger partial charge in [0.15, 0.2) is 5.16 Å². The third-order valence-corrected chi connectivity index (χ3v) is 3.83. The molecular formula is C12H15N5OS. The average molecular weight is 277 g/mol. The van der Waals surface area contributed by atoms with Crippen LogP contribution in [-0.2, 0) is 19.5 Å². The first-order valence-corrected chi connectivity index (χ1v) is 7.35. The Labute approximate surface area is 114 Å². The first-order valence-electron chi connectivity index (χ1n) is 6.13. The molecule has 0 bridgehead atoms. The second-order valence-electron chi connectivity index (χ2n) is 4.50. The Morgan fingerprint density at radius 1 is 1.53 bits per heavy atom. The van der Waals surface area contributed by atoms with Gasteiger partial charge in [0, 0.05) is 31.9 Å². The molecule has 0 radical (unpaired) electrons. The highest BCUT2D eigenvalue weighted by Gasteiger charge is 2.21. The van der Waals surface area contributed by atoms with Crippen molar-refractivity contribution in [2.75, 3.05) is 12.8 Å². The van der Waals surface area contributed by atoms with Gasteiger partial charge < -0.3 is 9.97 Å². The summed E-state index contributed by atoms with van der Waals surface area (Å²) in [6.07, 6.45) is 6.28. The van der Waals surface area contributed by atoms with Crippen molar-refractivity contribution in [2.24, 2.45) is 0 Å². The summed E-state index contributed by atoms with van der Waals surface area (Å²) in [5.41, 5.74) is 1.71. The number of H-pyrrole nitrogens is 2. The standard InChI is InChI=1S/C12H15N5OS/c1-19-12-15-9-2-5-17(6-8(9)11(18)16-12)7-10-13-3-4-14-10/h3-4H,2,5-7H2,1H3,(H,13,14)(H,15,16,18). The lowest BCUT2D eigenvalue weighted by Crippen LogP contribution is -2.35. The van der Waals surface area contributed by atoms with Gasteiger partial charge in [0.2, 0.25) is 0 Å². The number of nitrogens with zero attached hydrogens (tertiary/aromatic N) is 3. The molecule has 1 aliphatic rings. The van der Waals surface area contributed by atoms with E-state index in [9.17, 15) is 4.79 Å². The molecule has 0 aliphatic carbocycles. The number of aromatic nitrogens is 4. The van der Waals surface area contributed by atoms with Crippen LogP contribution in [0.1, 0.15) is 17.1 Å². The fourth-order valence-corrected chi connectivity index (χ4v) is 2.68. The minimum atomic E-state index is -0.0153. The highest BCUT2D eigenvalue weighted by molar-refractivity contribution is 7.98. The normalized spacial score (nSPS) is 15.4. The van der Waals surface area contributed by atoms with Crippen molar-refractivity contribution in [3.63, 3.8) is 0 Å². The molecule has 19 heavy (non-hydrogen) atoms. The van der Waals surface area contributed by atoms with Gasteiger partial charge in [-0.05, 0) is 6.26 Å². The molecule has 2 N–H and O–H groups in total. The predicted molar refractivity (Wildman–Crippen MR) is 73.0 cm³/mol. The molecule has 0 amide bonds. The van der Waals surface area contributed by atoms with Crippen molar-refractivity contribution in [3.05, 3.63) is 39.8 Å². The van der Waals surface area contributed by atoms with Crippen molar-refractivity contribution >= 4 is 11.8 Å². The molecular weight excluding hydrogens is 262 g/mol. The maximum absolute atomic E-state index is 12.0. The summed E-state index contributed by atoms with van der Waals surface area (Å²) in [7, 11) is 0. The van der Waals surface area contributed by atoms with Crippen LogP contribution in [0.15, 0.2) is 22.3 Å². The summed E-state index contributed by atoms with van der Waals surface area (Å²) >= 11 is 1.47. The summed E-state index contributed by atoms with van der Waals surface area (Å²) in [5.74, 6) is 0.925. The van der Waals surface area contributed by atoms with Crippen LogP contribution in [0.2, 0.25) is 0 Å². The van der Waals surface area contributed by atoms with Crippen LogP contribution in [0, 0.1) is 0 Å². The number of fused-ring (bicyclic) bond motifs is 1. The minimum absolute atomic E-state index is 0.0153. The van der Waals surface area contributed by atoms with Crippen LogP contribution in [0.25, 0.3) is 0 Å². The smallest absolute Gasteiger partial charge is 0.256 e. The van der Waals surface area contributed by atoms with Crippen LogP contribution in [-0.4, -0.2) is 37.6 Å². The molecule has 0 spiro atoms. The van der Waals surface area contributed by atoms with Gasteiger partial charge in [0.25, 0.3) is 5.56 Å². The van der Waals surface area contributed by atoms with Crippen molar-refractivity contribution in [2.45, 2.75) is 24.7 Å². The molecule has 100 valence electrons. The first-order chi connectivity index (χ1) is 9.26. The largest absolute Gasteiger partial charge is 0.348 e. The number of hydrogen-bond acceptors (Lipinski definition) is 5. The van der Waals surface area contributed by atoms with Gasteiger partial charge in [0.1, 0.15) is 5.82 Å². The molecule has 6 nitrogen and oxygen atoms in total. The molecule has 7 heteroatoms. The number of rotatable bonds is 3. The van der Waals surface area contributed by atoms with Gasteiger partial charge in [0.05, 0.1) is 17.8 Å². The Morgan fingerprint density at radius 3 is 3.16 bits per heavy atom. The zero-order chi connectivity index (χ0) is 13.2. The molecule has 2 aromatic rings. The molecule has 2 aromatic heterocycles.